The third kappa shape index (κ3) is 5.21. The fourth-order valence-corrected chi connectivity index (χ4v) is 3.73. The van der Waals surface area contributed by atoms with Crippen molar-refractivity contribution in [2.45, 2.75) is 33.1 Å². The number of methoxy groups -OCH3 is 1. The van der Waals surface area contributed by atoms with Crippen molar-refractivity contribution in [3.8, 4) is 0 Å². The average Bonchev–Trinajstić information content (AvgIpc) is 2.82. The molecule has 1 aliphatic rings. The molecular formula is C22H30N2O4. The Morgan fingerprint density at radius 1 is 1.25 bits per heavy atom. The van der Waals surface area contributed by atoms with Crippen molar-refractivity contribution in [1.29, 1.82) is 0 Å². The Balaban J connectivity index is 2.18. The zero-order valence-corrected chi connectivity index (χ0v) is 17.1. The van der Waals surface area contributed by atoms with E-state index in [0.717, 1.165) is 5.56 Å². The largest absolute Gasteiger partial charge is 0.493 e. The molecule has 1 N–H and O–H groups in total. The lowest BCUT2D eigenvalue weighted by Crippen LogP contribution is -2.40. The molecule has 0 saturated heterocycles. The number of rotatable bonds is 7. The second kappa shape index (κ2) is 10.1. The molecule has 1 aromatic rings. The monoisotopic (exact) mass is 386 g/mol. The Hall–Kier alpha value is -2.63. The molecule has 0 aliphatic heterocycles. The molecule has 6 heteroatoms. The number of hydrogen-bond acceptors (Lipinski definition) is 4. The SMILES string of the molecule is CCN(CCNC(=O)[C@H]1C=C(OC)C(=O)C[C@H](c2ccccc2)[C@H]1C)C(C)=O. The smallest absolute Gasteiger partial charge is 0.227 e. The van der Waals surface area contributed by atoms with Crippen LogP contribution >= 0.6 is 0 Å². The lowest BCUT2D eigenvalue weighted by atomic mass is 9.78. The van der Waals surface area contributed by atoms with Gasteiger partial charge in [0.15, 0.2) is 11.5 Å². The molecule has 1 aromatic carbocycles. The molecule has 0 saturated carbocycles. The highest BCUT2D eigenvalue weighted by molar-refractivity contribution is 5.96. The topological polar surface area (TPSA) is 75.7 Å². The number of ether oxygens (including phenoxy) is 1. The molecule has 0 spiro atoms. The van der Waals surface area contributed by atoms with E-state index in [2.05, 4.69) is 5.32 Å². The summed E-state index contributed by atoms with van der Waals surface area (Å²) in [7, 11) is 1.46. The lowest BCUT2D eigenvalue weighted by Gasteiger charge is -2.27. The first kappa shape index (κ1) is 21.7. The molecule has 2 rings (SSSR count). The number of benzene rings is 1. The third-order valence-electron chi connectivity index (χ3n) is 5.47. The van der Waals surface area contributed by atoms with Gasteiger partial charge in [-0.15, -0.1) is 0 Å². The number of nitrogens with one attached hydrogen (secondary N) is 1. The number of likely N-dealkylation sites (N-methyl/N-ethyl adjacent to an activating group) is 1. The van der Waals surface area contributed by atoms with Gasteiger partial charge in [0.25, 0.3) is 0 Å². The van der Waals surface area contributed by atoms with E-state index in [1.165, 1.54) is 14.0 Å². The molecule has 0 fully saturated rings. The van der Waals surface area contributed by atoms with Gasteiger partial charge in [-0.25, -0.2) is 0 Å². The number of Topliss-reactive ketones (excluding diaryl/α,β-unsaturated/α-hetero) is 1. The Bertz CT molecular complexity index is 729. The van der Waals surface area contributed by atoms with E-state index >= 15 is 0 Å². The van der Waals surface area contributed by atoms with Gasteiger partial charge in [-0.1, -0.05) is 37.3 Å². The minimum absolute atomic E-state index is 0.0177. The van der Waals surface area contributed by atoms with Crippen LogP contribution in [-0.4, -0.2) is 49.2 Å². The Morgan fingerprint density at radius 3 is 2.50 bits per heavy atom. The molecule has 28 heavy (non-hydrogen) atoms. The summed E-state index contributed by atoms with van der Waals surface area (Å²) < 4.78 is 5.27. The van der Waals surface area contributed by atoms with Crippen LogP contribution in [0.2, 0.25) is 0 Å². The number of hydrogen-bond donors (Lipinski definition) is 1. The van der Waals surface area contributed by atoms with Gasteiger partial charge in [0.1, 0.15) is 0 Å². The van der Waals surface area contributed by atoms with E-state index in [4.69, 9.17) is 4.74 Å². The summed E-state index contributed by atoms with van der Waals surface area (Å²) in [6, 6.07) is 9.81. The summed E-state index contributed by atoms with van der Waals surface area (Å²) in [6.45, 7) is 6.85. The molecule has 6 nitrogen and oxygen atoms in total. The van der Waals surface area contributed by atoms with Gasteiger partial charge in [0.2, 0.25) is 11.8 Å². The van der Waals surface area contributed by atoms with Crippen molar-refractivity contribution in [2.75, 3.05) is 26.7 Å². The predicted octanol–water partition coefficient (Wildman–Crippen LogP) is 2.51. The van der Waals surface area contributed by atoms with E-state index in [-0.39, 0.29) is 35.2 Å². The molecular weight excluding hydrogens is 356 g/mol. The van der Waals surface area contributed by atoms with Crippen molar-refractivity contribution in [3.05, 3.63) is 47.7 Å². The number of carbonyl (C=O) groups excluding carboxylic acids is 3. The maximum Gasteiger partial charge on any atom is 0.227 e. The fourth-order valence-electron chi connectivity index (χ4n) is 3.73. The molecule has 0 aromatic heterocycles. The van der Waals surface area contributed by atoms with Crippen LogP contribution in [0.15, 0.2) is 42.2 Å². The minimum Gasteiger partial charge on any atom is -0.493 e. The van der Waals surface area contributed by atoms with Crippen LogP contribution in [-0.2, 0) is 19.1 Å². The van der Waals surface area contributed by atoms with Crippen molar-refractivity contribution < 1.29 is 19.1 Å². The van der Waals surface area contributed by atoms with Crippen molar-refractivity contribution in [1.82, 2.24) is 10.2 Å². The quantitative estimate of drug-likeness (QED) is 0.781. The highest BCUT2D eigenvalue weighted by Gasteiger charge is 2.36. The van der Waals surface area contributed by atoms with Crippen LogP contribution in [0.1, 0.15) is 38.7 Å². The van der Waals surface area contributed by atoms with Gasteiger partial charge in [-0.3, -0.25) is 14.4 Å². The van der Waals surface area contributed by atoms with Gasteiger partial charge in [0, 0.05) is 33.0 Å². The summed E-state index contributed by atoms with van der Waals surface area (Å²) in [5, 5.41) is 2.92. The molecule has 152 valence electrons. The van der Waals surface area contributed by atoms with Gasteiger partial charge in [-0.2, -0.15) is 0 Å². The van der Waals surface area contributed by atoms with E-state index in [1.807, 2.05) is 44.2 Å². The van der Waals surface area contributed by atoms with Crippen LogP contribution in [0.4, 0.5) is 0 Å². The number of nitrogens with zero attached hydrogens (tertiary/aromatic N) is 1. The predicted molar refractivity (Wildman–Crippen MR) is 107 cm³/mol. The zero-order valence-electron chi connectivity index (χ0n) is 17.1. The molecule has 0 heterocycles. The second-order valence-corrected chi connectivity index (χ2v) is 7.15. The third-order valence-corrected chi connectivity index (χ3v) is 5.47. The maximum atomic E-state index is 12.9. The Morgan fingerprint density at radius 2 is 1.93 bits per heavy atom. The minimum atomic E-state index is -0.487. The standard InChI is InChI=1S/C22H30N2O4/c1-5-24(16(3)25)12-11-23-22(27)19-14-21(28-4)20(26)13-18(15(19)2)17-9-7-6-8-10-17/h6-10,14-15,18-19H,5,11-13H2,1-4H3,(H,23,27)/t15-,18+,19+/m1/s1. The highest BCUT2D eigenvalue weighted by Crippen LogP contribution is 2.37. The summed E-state index contributed by atoms with van der Waals surface area (Å²) in [5.74, 6) is -0.657. The normalized spacial score (nSPS) is 22.1. The first-order valence-corrected chi connectivity index (χ1v) is 9.76. The van der Waals surface area contributed by atoms with Gasteiger partial charge >= 0.3 is 0 Å². The lowest BCUT2D eigenvalue weighted by molar-refractivity contribution is -0.130. The first-order valence-electron chi connectivity index (χ1n) is 9.76. The second-order valence-electron chi connectivity index (χ2n) is 7.15. The zero-order chi connectivity index (χ0) is 20.7. The molecule has 0 unspecified atom stereocenters. The van der Waals surface area contributed by atoms with Crippen molar-refractivity contribution in [2.24, 2.45) is 11.8 Å². The van der Waals surface area contributed by atoms with E-state index in [9.17, 15) is 14.4 Å². The van der Waals surface area contributed by atoms with Crippen LogP contribution in [0, 0.1) is 11.8 Å². The fraction of sp³-hybridized carbons (Fsp3) is 0.500. The number of ketones is 1. The van der Waals surface area contributed by atoms with Gasteiger partial charge in [0.05, 0.1) is 13.0 Å². The van der Waals surface area contributed by atoms with Crippen molar-refractivity contribution in [3.63, 3.8) is 0 Å². The Labute approximate surface area is 166 Å². The van der Waals surface area contributed by atoms with E-state index < -0.39 is 5.92 Å². The van der Waals surface area contributed by atoms with Crippen LogP contribution in [0.3, 0.4) is 0 Å². The number of amides is 2. The average molecular weight is 386 g/mol. The first-order chi connectivity index (χ1) is 13.4. The molecule has 3 atom stereocenters. The van der Waals surface area contributed by atoms with Crippen molar-refractivity contribution >= 4 is 17.6 Å². The number of carbonyl (C=O) groups is 3. The van der Waals surface area contributed by atoms with Gasteiger partial charge < -0.3 is 15.0 Å². The summed E-state index contributed by atoms with van der Waals surface area (Å²) in [5.41, 5.74) is 1.04. The summed E-state index contributed by atoms with van der Waals surface area (Å²) in [6.07, 6.45) is 1.95. The maximum absolute atomic E-state index is 12.9. The molecule has 1 aliphatic carbocycles. The Kier molecular flexibility index (Phi) is 7.79. The molecule has 0 radical (unpaired) electrons. The van der Waals surface area contributed by atoms with Crippen LogP contribution in [0.25, 0.3) is 0 Å². The molecule has 0 bridgehead atoms. The molecule has 2 amide bonds. The highest BCUT2D eigenvalue weighted by atomic mass is 16.5. The van der Waals surface area contributed by atoms with E-state index in [1.54, 1.807) is 11.0 Å². The van der Waals surface area contributed by atoms with Crippen LogP contribution < -0.4 is 5.32 Å². The number of allylic oxidation sites excluding steroid dienone is 1. The van der Waals surface area contributed by atoms with Crippen LogP contribution in [0.5, 0.6) is 0 Å². The van der Waals surface area contributed by atoms with E-state index in [0.29, 0.717) is 26.1 Å². The van der Waals surface area contributed by atoms with Gasteiger partial charge in [-0.05, 0) is 30.4 Å². The summed E-state index contributed by atoms with van der Waals surface area (Å²) in [4.78, 5) is 38.7. The summed E-state index contributed by atoms with van der Waals surface area (Å²) >= 11 is 0.